The van der Waals surface area contributed by atoms with E-state index in [1.165, 1.54) is 34.4 Å². The first-order chi connectivity index (χ1) is 11.2. The zero-order chi connectivity index (χ0) is 16.2. The minimum atomic E-state index is -0.281. The fourth-order valence-electron chi connectivity index (χ4n) is 2.58. The molecule has 0 saturated carbocycles. The smallest absolute Gasteiger partial charge is 0.238 e. The van der Waals surface area contributed by atoms with Gasteiger partial charge in [0.05, 0.1) is 10.8 Å². The van der Waals surface area contributed by atoms with Gasteiger partial charge in [0, 0.05) is 4.88 Å². The third-order valence-corrected chi connectivity index (χ3v) is 6.88. The van der Waals surface area contributed by atoms with E-state index in [-0.39, 0.29) is 11.2 Å². The maximum Gasteiger partial charge on any atom is 0.238 e. The van der Waals surface area contributed by atoms with Gasteiger partial charge in [-0.15, -0.1) is 21.5 Å². The Balaban J connectivity index is 1.74. The number of fused-ring (bicyclic) bond motifs is 1. The molecule has 0 spiro atoms. The maximum atomic E-state index is 12.4. The fraction of sp³-hybridized carbons (Fsp3) is 0.467. The van der Waals surface area contributed by atoms with Crippen molar-refractivity contribution >= 4 is 45.3 Å². The highest BCUT2D eigenvalue weighted by molar-refractivity contribution is 8.02. The number of nitriles is 1. The van der Waals surface area contributed by atoms with Crippen molar-refractivity contribution in [3.63, 3.8) is 0 Å². The van der Waals surface area contributed by atoms with Crippen molar-refractivity contribution in [3.8, 4) is 6.07 Å². The lowest BCUT2D eigenvalue weighted by Crippen LogP contribution is -2.22. The molecule has 1 N–H and O–H groups in total. The van der Waals surface area contributed by atoms with Gasteiger partial charge < -0.3 is 5.32 Å². The lowest BCUT2D eigenvalue weighted by Gasteiger charge is -2.09. The van der Waals surface area contributed by atoms with Gasteiger partial charge in [0.15, 0.2) is 4.34 Å². The van der Waals surface area contributed by atoms with E-state index in [1.54, 1.807) is 16.8 Å². The van der Waals surface area contributed by atoms with Crippen LogP contribution in [0.2, 0.25) is 0 Å². The molecule has 0 bridgehead atoms. The number of hydrogen-bond donors (Lipinski definition) is 1. The number of aryl methyl sites for hydroxylation is 1. The van der Waals surface area contributed by atoms with Crippen molar-refractivity contribution in [3.05, 3.63) is 21.5 Å². The van der Waals surface area contributed by atoms with E-state index in [0.29, 0.717) is 10.6 Å². The van der Waals surface area contributed by atoms with Crippen molar-refractivity contribution in [1.82, 2.24) is 10.2 Å². The van der Waals surface area contributed by atoms with Crippen LogP contribution < -0.4 is 5.32 Å². The van der Waals surface area contributed by atoms with E-state index < -0.39 is 0 Å². The second-order valence-electron chi connectivity index (χ2n) is 5.33. The summed E-state index contributed by atoms with van der Waals surface area (Å²) >= 11 is 4.37. The molecule has 0 radical (unpaired) electrons. The summed E-state index contributed by atoms with van der Waals surface area (Å²) in [6, 6.07) is 2.29. The predicted molar refractivity (Wildman–Crippen MR) is 94.2 cm³/mol. The molecule has 2 heterocycles. The van der Waals surface area contributed by atoms with Crippen LogP contribution in [0.1, 0.15) is 42.2 Å². The summed E-state index contributed by atoms with van der Waals surface area (Å²) in [7, 11) is 0. The van der Waals surface area contributed by atoms with Crippen LogP contribution in [-0.4, -0.2) is 21.4 Å². The number of thioether (sulfide) groups is 1. The molecule has 0 unspecified atom stereocenters. The second kappa shape index (κ2) is 7.43. The van der Waals surface area contributed by atoms with Crippen LogP contribution in [0.15, 0.2) is 9.85 Å². The van der Waals surface area contributed by atoms with Gasteiger partial charge in [-0.1, -0.05) is 29.5 Å². The Morgan fingerprint density at radius 2 is 2.26 bits per heavy atom. The van der Waals surface area contributed by atoms with Crippen molar-refractivity contribution in [1.29, 1.82) is 5.26 Å². The Morgan fingerprint density at radius 1 is 1.43 bits per heavy atom. The summed E-state index contributed by atoms with van der Waals surface area (Å²) in [5.74, 6) is -0.0990. The Bertz CT molecular complexity index is 733. The topological polar surface area (TPSA) is 78.7 Å². The highest BCUT2D eigenvalue weighted by Gasteiger charge is 2.23. The molecular weight excluding hydrogens is 348 g/mol. The number of aromatic nitrogens is 2. The molecule has 2 aromatic rings. The maximum absolute atomic E-state index is 12.4. The Labute approximate surface area is 147 Å². The van der Waals surface area contributed by atoms with Gasteiger partial charge >= 0.3 is 0 Å². The zero-order valence-electron chi connectivity index (χ0n) is 12.7. The van der Waals surface area contributed by atoms with E-state index in [4.69, 9.17) is 0 Å². The van der Waals surface area contributed by atoms with Crippen LogP contribution in [-0.2, 0) is 17.6 Å². The zero-order valence-corrected chi connectivity index (χ0v) is 15.1. The van der Waals surface area contributed by atoms with Gasteiger partial charge in [0.2, 0.25) is 5.91 Å². The average Bonchev–Trinajstić information content (AvgIpc) is 3.09. The van der Waals surface area contributed by atoms with E-state index in [9.17, 15) is 10.1 Å². The number of nitrogens with zero attached hydrogens (tertiary/aromatic N) is 3. The lowest BCUT2D eigenvalue weighted by molar-refractivity contribution is -0.115. The summed E-state index contributed by atoms with van der Waals surface area (Å²) in [4.78, 5) is 13.7. The minimum Gasteiger partial charge on any atom is -0.316 e. The molecule has 0 saturated heterocycles. The quantitative estimate of drug-likeness (QED) is 0.658. The van der Waals surface area contributed by atoms with Gasteiger partial charge in [-0.25, -0.2) is 0 Å². The molecule has 1 aliphatic carbocycles. The average molecular weight is 365 g/mol. The number of thiophene rings is 1. The molecule has 0 aliphatic heterocycles. The third-order valence-electron chi connectivity index (χ3n) is 3.76. The number of hydrogen-bond acceptors (Lipinski definition) is 7. The lowest BCUT2D eigenvalue weighted by atomic mass is 10.1. The Morgan fingerprint density at radius 3 is 3.00 bits per heavy atom. The summed E-state index contributed by atoms with van der Waals surface area (Å²) in [6.07, 6.45) is 5.45. The standard InChI is InChI=1S/C15H16N4OS3/c1-9(22-15-19-17-8-21-15)13(20)18-14-11(7-16)10-5-3-2-4-6-12(10)23-14/h8-9H,2-6H2,1H3,(H,18,20)/t9-/m1/s1. The molecule has 3 rings (SSSR count). The van der Waals surface area contributed by atoms with Gasteiger partial charge in [-0.2, -0.15) is 5.26 Å². The van der Waals surface area contributed by atoms with E-state index in [2.05, 4.69) is 21.6 Å². The largest absolute Gasteiger partial charge is 0.316 e. The molecular formula is C15H16N4OS3. The number of amides is 1. The van der Waals surface area contributed by atoms with E-state index in [1.807, 2.05) is 6.92 Å². The molecule has 120 valence electrons. The second-order valence-corrected chi connectivity index (χ2v) is 8.86. The van der Waals surface area contributed by atoms with Gasteiger partial charge in [-0.3, -0.25) is 4.79 Å². The van der Waals surface area contributed by atoms with Crippen LogP contribution in [0.3, 0.4) is 0 Å². The fourth-order valence-corrected chi connectivity index (χ4v) is 5.45. The number of carbonyl (C=O) groups is 1. The van der Waals surface area contributed by atoms with Gasteiger partial charge in [0.25, 0.3) is 0 Å². The van der Waals surface area contributed by atoms with E-state index in [0.717, 1.165) is 35.6 Å². The van der Waals surface area contributed by atoms with Crippen molar-refractivity contribution < 1.29 is 4.79 Å². The summed E-state index contributed by atoms with van der Waals surface area (Å²) < 4.78 is 0.773. The molecule has 0 aromatic carbocycles. The normalized spacial score (nSPS) is 15.3. The van der Waals surface area contributed by atoms with Gasteiger partial charge in [0.1, 0.15) is 16.6 Å². The number of carbonyl (C=O) groups excluding carboxylic acids is 1. The number of rotatable bonds is 4. The van der Waals surface area contributed by atoms with Gasteiger partial charge in [-0.05, 0) is 38.2 Å². The molecule has 8 heteroatoms. The SMILES string of the molecule is C[C@@H](Sc1nncs1)C(=O)Nc1sc2c(c1C#N)CCCCC2. The Kier molecular flexibility index (Phi) is 5.30. The molecule has 2 aromatic heterocycles. The monoisotopic (exact) mass is 364 g/mol. The molecule has 5 nitrogen and oxygen atoms in total. The molecule has 0 fully saturated rings. The van der Waals surface area contributed by atoms with Crippen LogP contribution in [0, 0.1) is 11.3 Å². The van der Waals surface area contributed by atoms with E-state index >= 15 is 0 Å². The first-order valence-corrected chi connectivity index (χ1v) is 10.0. The first kappa shape index (κ1) is 16.4. The van der Waals surface area contributed by atoms with Crippen molar-refractivity contribution in [2.45, 2.75) is 48.6 Å². The van der Waals surface area contributed by atoms with Crippen LogP contribution in [0.4, 0.5) is 5.00 Å². The Hall–Kier alpha value is -1.43. The highest BCUT2D eigenvalue weighted by atomic mass is 32.2. The molecule has 23 heavy (non-hydrogen) atoms. The van der Waals surface area contributed by atoms with Crippen LogP contribution in [0.25, 0.3) is 0 Å². The van der Waals surface area contributed by atoms with Crippen molar-refractivity contribution in [2.24, 2.45) is 0 Å². The number of anilines is 1. The molecule has 1 atom stereocenters. The summed E-state index contributed by atoms with van der Waals surface area (Å²) in [6.45, 7) is 1.84. The van der Waals surface area contributed by atoms with Crippen LogP contribution in [0.5, 0.6) is 0 Å². The first-order valence-electron chi connectivity index (χ1n) is 7.47. The highest BCUT2D eigenvalue weighted by Crippen LogP contribution is 2.37. The predicted octanol–water partition coefficient (Wildman–Crippen LogP) is 3.86. The minimum absolute atomic E-state index is 0.0990. The molecule has 1 aliphatic rings. The summed E-state index contributed by atoms with van der Waals surface area (Å²) in [5.41, 5.74) is 3.46. The van der Waals surface area contributed by atoms with Crippen molar-refractivity contribution in [2.75, 3.05) is 5.32 Å². The third kappa shape index (κ3) is 3.74. The number of nitrogens with one attached hydrogen (secondary N) is 1. The van der Waals surface area contributed by atoms with Crippen LogP contribution >= 0.6 is 34.4 Å². The summed E-state index contributed by atoms with van der Waals surface area (Å²) in [5, 5.41) is 20.6. The molecule has 1 amide bonds.